The number of rotatable bonds is 7. The third kappa shape index (κ3) is 6.46. The lowest BCUT2D eigenvalue weighted by atomic mass is 9.90. The molecule has 2 rings (SSSR count). The van der Waals surface area contributed by atoms with Gasteiger partial charge >= 0.3 is 6.09 Å². The first-order valence-electron chi connectivity index (χ1n) is 10.4. The van der Waals surface area contributed by atoms with Crippen LogP contribution in [0.25, 0.3) is 0 Å². The Morgan fingerprint density at radius 1 is 1.34 bits per heavy atom. The third-order valence-electron chi connectivity index (χ3n) is 5.24. The maximum absolute atomic E-state index is 12.6. The van der Waals surface area contributed by atoms with Crippen LogP contribution in [0.15, 0.2) is 12.1 Å². The Labute approximate surface area is 175 Å². The average Bonchev–Trinajstić information content (AvgIpc) is 2.81. The van der Waals surface area contributed by atoms with E-state index in [0.29, 0.717) is 32.5 Å². The van der Waals surface area contributed by atoms with Crippen LogP contribution in [-0.4, -0.2) is 63.3 Å². The summed E-state index contributed by atoms with van der Waals surface area (Å²) in [6, 6.07) is 4.47. The minimum Gasteiger partial charge on any atom is -0.444 e. The number of hydrogen-bond acceptors (Lipinski definition) is 5. The second-order valence-corrected chi connectivity index (χ2v) is 8.88. The largest absolute Gasteiger partial charge is 0.444 e. The van der Waals surface area contributed by atoms with E-state index in [1.54, 1.807) is 7.11 Å². The number of carbonyl (C=O) groups is 2. The van der Waals surface area contributed by atoms with Crippen molar-refractivity contribution in [2.75, 3.05) is 45.3 Å². The van der Waals surface area contributed by atoms with Gasteiger partial charge in [0.05, 0.1) is 6.61 Å². The maximum Gasteiger partial charge on any atom is 0.410 e. The number of benzene rings is 1. The Hall–Kier alpha value is -2.08. The normalized spacial score (nSPS) is 16.8. The van der Waals surface area contributed by atoms with Crippen LogP contribution in [0.3, 0.4) is 0 Å². The number of amides is 1. The number of fused-ring (bicyclic) bond motifs is 1. The monoisotopic (exact) mass is 404 g/mol. The topological polar surface area (TPSA) is 59.1 Å². The first-order valence-corrected chi connectivity index (χ1v) is 10.4. The van der Waals surface area contributed by atoms with Gasteiger partial charge in [0, 0.05) is 45.9 Å². The van der Waals surface area contributed by atoms with E-state index < -0.39 is 5.60 Å². The van der Waals surface area contributed by atoms with E-state index in [-0.39, 0.29) is 12.0 Å². The number of hydrogen-bond donors (Lipinski definition) is 0. The highest BCUT2D eigenvalue weighted by Gasteiger charge is 2.28. The summed E-state index contributed by atoms with van der Waals surface area (Å²) in [6.07, 6.45) is 2.72. The second kappa shape index (κ2) is 10.1. The van der Waals surface area contributed by atoms with Crippen LogP contribution in [0.2, 0.25) is 0 Å². The Morgan fingerprint density at radius 3 is 2.69 bits per heavy atom. The molecule has 0 aromatic heterocycles. The number of likely N-dealkylation sites (N-methyl/N-ethyl adjacent to an activating group) is 1. The first-order chi connectivity index (χ1) is 13.7. The van der Waals surface area contributed by atoms with Crippen molar-refractivity contribution in [1.29, 1.82) is 0 Å². The molecule has 0 saturated heterocycles. The predicted octanol–water partition coefficient (Wildman–Crippen LogP) is 3.80. The summed E-state index contributed by atoms with van der Waals surface area (Å²) in [5.41, 5.74) is 4.34. The predicted molar refractivity (Wildman–Crippen MR) is 116 cm³/mol. The molecule has 0 radical (unpaired) electrons. The molecule has 1 aliphatic heterocycles. The summed E-state index contributed by atoms with van der Waals surface area (Å²) in [7, 11) is 3.75. The quantitative estimate of drug-likeness (QED) is 0.647. The molecule has 1 amide bonds. The zero-order valence-corrected chi connectivity index (χ0v) is 18.8. The molecule has 0 fully saturated rings. The van der Waals surface area contributed by atoms with Gasteiger partial charge in [-0.15, -0.1) is 0 Å². The van der Waals surface area contributed by atoms with E-state index in [1.807, 2.05) is 25.7 Å². The van der Waals surface area contributed by atoms with E-state index in [1.165, 1.54) is 16.7 Å². The molecule has 0 bridgehead atoms. The molecule has 0 spiro atoms. The van der Waals surface area contributed by atoms with Gasteiger partial charge in [-0.05, 0) is 62.3 Å². The summed E-state index contributed by atoms with van der Waals surface area (Å²) in [6.45, 7) is 10.5. The molecule has 1 aromatic rings. The molecule has 29 heavy (non-hydrogen) atoms. The Morgan fingerprint density at radius 2 is 2.07 bits per heavy atom. The second-order valence-electron chi connectivity index (χ2n) is 8.88. The third-order valence-corrected chi connectivity index (χ3v) is 5.24. The van der Waals surface area contributed by atoms with Gasteiger partial charge in [0.1, 0.15) is 11.9 Å². The summed E-state index contributed by atoms with van der Waals surface area (Å²) in [5.74, 6) is 0.202. The van der Waals surface area contributed by atoms with Crippen LogP contribution in [0.4, 0.5) is 10.5 Å². The number of methoxy groups -OCH3 is 1. The molecule has 1 atom stereocenters. The van der Waals surface area contributed by atoms with Crippen LogP contribution in [0, 0.1) is 0 Å². The summed E-state index contributed by atoms with van der Waals surface area (Å²) in [4.78, 5) is 27.6. The number of nitrogens with zero attached hydrogens (tertiary/aromatic N) is 2. The molecule has 1 aliphatic rings. The molecular formula is C23H36N2O4. The first kappa shape index (κ1) is 23.2. The van der Waals surface area contributed by atoms with Crippen molar-refractivity contribution >= 4 is 18.1 Å². The maximum atomic E-state index is 12.6. The van der Waals surface area contributed by atoms with Crippen molar-refractivity contribution < 1.29 is 19.1 Å². The highest BCUT2D eigenvalue weighted by molar-refractivity contribution is 5.69. The van der Waals surface area contributed by atoms with Crippen molar-refractivity contribution in [3.05, 3.63) is 28.8 Å². The number of aldehydes is 1. The lowest BCUT2D eigenvalue weighted by molar-refractivity contribution is -0.107. The van der Waals surface area contributed by atoms with Gasteiger partial charge in [-0.2, -0.15) is 0 Å². The van der Waals surface area contributed by atoms with Crippen LogP contribution >= 0.6 is 0 Å². The van der Waals surface area contributed by atoms with E-state index in [9.17, 15) is 9.59 Å². The lowest BCUT2D eigenvalue weighted by Gasteiger charge is -2.27. The van der Waals surface area contributed by atoms with Crippen molar-refractivity contribution in [2.24, 2.45) is 0 Å². The molecule has 0 aliphatic carbocycles. The van der Waals surface area contributed by atoms with Crippen molar-refractivity contribution in [3.8, 4) is 0 Å². The molecule has 1 aromatic carbocycles. The molecule has 6 nitrogen and oxygen atoms in total. The lowest BCUT2D eigenvalue weighted by Crippen LogP contribution is -2.38. The van der Waals surface area contributed by atoms with Crippen LogP contribution in [0.5, 0.6) is 0 Å². The van der Waals surface area contributed by atoms with Gasteiger partial charge in [0.15, 0.2) is 0 Å². The SMILES string of the molecule is COCCN(C)c1cc2c(cc1CCC=O)C(C)CN(C(=O)OC(C)(C)C)CC2. The van der Waals surface area contributed by atoms with Gasteiger partial charge in [-0.25, -0.2) is 4.79 Å². The van der Waals surface area contributed by atoms with Gasteiger partial charge in [-0.3, -0.25) is 0 Å². The molecule has 1 heterocycles. The average molecular weight is 405 g/mol. The van der Waals surface area contributed by atoms with Gasteiger partial charge in [0.2, 0.25) is 0 Å². The Balaban J connectivity index is 2.31. The fraction of sp³-hybridized carbons (Fsp3) is 0.652. The van der Waals surface area contributed by atoms with Crippen LogP contribution in [0.1, 0.15) is 56.7 Å². The summed E-state index contributed by atoms with van der Waals surface area (Å²) in [5, 5.41) is 0. The molecule has 1 unspecified atom stereocenters. The van der Waals surface area contributed by atoms with Crippen molar-refractivity contribution in [3.63, 3.8) is 0 Å². The van der Waals surface area contributed by atoms with Gasteiger partial charge in [0.25, 0.3) is 0 Å². The molecule has 0 saturated carbocycles. The number of anilines is 1. The fourth-order valence-corrected chi connectivity index (χ4v) is 3.76. The molecule has 162 valence electrons. The number of aryl methyl sites for hydroxylation is 1. The van der Waals surface area contributed by atoms with Crippen molar-refractivity contribution in [2.45, 2.75) is 58.5 Å². The van der Waals surface area contributed by atoms with Crippen LogP contribution < -0.4 is 4.90 Å². The van der Waals surface area contributed by atoms with Gasteiger partial charge in [-0.1, -0.05) is 13.0 Å². The summed E-state index contributed by atoms with van der Waals surface area (Å²) >= 11 is 0. The molecular weight excluding hydrogens is 368 g/mol. The van der Waals surface area contributed by atoms with E-state index in [4.69, 9.17) is 9.47 Å². The molecule has 0 N–H and O–H groups in total. The number of carbonyl (C=O) groups excluding carboxylic acids is 2. The summed E-state index contributed by atoms with van der Waals surface area (Å²) < 4.78 is 10.8. The molecule has 6 heteroatoms. The highest BCUT2D eigenvalue weighted by Crippen LogP contribution is 2.33. The fourth-order valence-electron chi connectivity index (χ4n) is 3.76. The number of ether oxygens (including phenoxy) is 2. The zero-order valence-electron chi connectivity index (χ0n) is 18.8. The zero-order chi connectivity index (χ0) is 21.6. The standard InChI is InChI=1S/C23H36N2O4/c1-17-16-25(22(27)29-23(2,3)4)10-9-18-15-21(24(5)11-13-28-6)19(8-7-12-26)14-20(17)18/h12,14-15,17H,7-11,13,16H2,1-6H3. The van der Waals surface area contributed by atoms with Gasteiger partial charge < -0.3 is 24.1 Å². The smallest absolute Gasteiger partial charge is 0.410 e. The highest BCUT2D eigenvalue weighted by atomic mass is 16.6. The van der Waals surface area contributed by atoms with E-state index >= 15 is 0 Å². The van der Waals surface area contributed by atoms with Crippen molar-refractivity contribution in [1.82, 2.24) is 4.90 Å². The Bertz CT molecular complexity index is 712. The Kier molecular flexibility index (Phi) is 8.08. The van der Waals surface area contributed by atoms with E-state index in [2.05, 4.69) is 31.0 Å². The van der Waals surface area contributed by atoms with Crippen LogP contribution in [-0.2, 0) is 27.1 Å². The minimum atomic E-state index is -0.501. The minimum absolute atomic E-state index is 0.202. The van der Waals surface area contributed by atoms with E-state index in [0.717, 1.165) is 24.9 Å².